The van der Waals surface area contributed by atoms with E-state index in [-0.39, 0.29) is 17.1 Å². The highest BCUT2D eigenvalue weighted by Crippen LogP contribution is 2.23. The number of Topliss-reactive ketones (excluding diaryl/α,β-unsaturated/α-hetero) is 1. The van der Waals surface area contributed by atoms with Crippen molar-refractivity contribution in [3.8, 4) is 0 Å². The van der Waals surface area contributed by atoms with Crippen LogP contribution in [0.15, 0.2) is 47.6 Å². The summed E-state index contributed by atoms with van der Waals surface area (Å²) in [5.74, 6) is -1.14. The summed E-state index contributed by atoms with van der Waals surface area (Å²) >= 11 is 7.03. The van der Waals surface area contributed by atoms with Crippen molar-refractivity contribution in [3.05, 3.63) is 58.7 Å². The highest BCUT2D eigenvalue weighted by molar-refractivity contribution is 8.00. The second-order valence-electron chi connectivity index (χ2n) is 3.85. The standard InChI is InChI=1S/C14H10ClNO3S/c15-11-6-2-1-4-9(11)12(17)8-20-13-10(14(18)19)5-3-7-16-13/h1-7H,8H2,(H,18,19). The summed E-state index contributed by atoms with van der Waals surface area (Å²) in [5.41, 5.74) is 0.513. The van der Waals surface area contributed by atoms with Crippen LogP contribution < -0.4 is 0 Å². The van der Waals surface area contributed by atoms with E-state index in [1.165, 1.54) is 12.3 Å². The van der Waals surface area contributed by atoms with Gasteiger partial charge in [-0.1, -0.05) is 35.5 Å². The van der Waals surface area contributed by atoms with Gasteiger partial charge >= 0.3 is 5.97 Å². The number of thioether (sulfide) groups is 1. The number of carbonyl (C=O) groups excluding carboxylic acids is 1. The molecule has 0 radical (unpaired) electrons. The van der Waals surface area contributed by atoms with Crippen LogP contribution in [0.4, 0.5) is 0 Å². The number of halogens is 1. The van der Waals surface area contributed by atoms with E-state index >= 15 is 0 Å². The summed E-state index contributed by atoms with van der Waals surface area (Å²) < 4.78 is 0. The minimum Gasteiger partial charge on any atom is -0.478 e. The highest BCUT2D eigenvalue weighted by Gasteiger charge is 2.15. The van der Waals surface area contributed by atoms with Crippen molar-refractivity contribution >= 4 is 35.1 Å². The smallest absolute Gasteiger partial charge is 0.338 e. The molecule has 0 aliphatic carbocycles. The number of carboxylic acid groups (broad SMARTS) is 1. The van der Waals surface area contributed by atoms with E-state index in [1.54, 1.807) is 30.3 Å². The third-order valence-electron chi connectivity index (χ3n) is 2.52. The number of nitrogens with zero attached hydrogens (tertiary/aromatic N) is 1. The number of benzene rings is 1. The summed E-state index contributed by atoms with van der Waals surface area (Å²) in [4.78, 5) is 27.1. The highest BCUT2D eigenvalue weighted by atomic mass is 35.5. The molecular weight excluding hydrogens is 298 g/mol. The SMILES string of the molecule is O=C(CSc1ncccc1C(=O)O)c1ccccc1Cl. The van der Waals surface area contributed by atoms with Crippen LogP contribution in [0.2, 0.25) is 5.02 Å². The van der Waals surface area contributed by atoms with Gasteiger partial charge in [0.1, 0.15) is 5.03 Å². The fourth-order valence-electron chi connectivity index (χ4n) is 1.57. The van der Waals surface area contributed by atoms with Crippen molar-refractivity contribution in [3.63, 3.8) is 0 Å². The fourth-order valence-corrected chi connectivity index (χ4v) is 2.68. The van der Waals surface area contributed by atoms with Gasteiger partial charge in [-0.2, -0.15) is 0 Å². The van der Waals surface area contributed by atoms with Crippen molar-refractivity contribution < 1.29 is 14.7 Å². The normalized spacial score (nSPS) is 10.2. The lowest BCUT2D eigenvalue weighted by atomic mass is 10.1. The largest absolute Gasteiger partial charge is 0.478 e. The number of carbonyl (C=O) groups is 2. The molecule has 0 bridgehead atoms. The van der Waals surface area contributed by atoms with Gasteiger partial charge in [0.05, 0.1) is 16.3 Å². The zero-order chi connectivity index (χ0) is 14.5. The first-order valence-corrected chi connectivity index (χ1v) is 7.05. The first-order valence-electron chi connectivity index (χ1n) is 5.68. The molecule has 20 heavy (non-hydrogen) atoms. The molecule has 0 spiro atoms. The fraction of sp³-hybridized carbons (Fsp3) is 0.0714. The van der Waals surface area contributed by atoms with Crippen LogP contribution in [0.1, 0.15) is 20.7 Å². The van der Waals surface area contributed by atoms with Gasteiger partial charge < -0.3 is 5.11 Å². The summed E-state index contributed by atoms with van der Waals surface area (Å²) in [5, 5.41) is 9.74. The molecule has 0 aliphatic heterocycles. The number of hydrogen-bond donors (Lipinski definition) is 1. The van der Waals surface area contributed by atoms with Gasteiger partial charge in [0.25, 0.3) is 0 Å². The molecule has 0 unspecified atom stereocenters. The molecule has 0 saturated heterocycles. The third-order valence-corrected chi connectivity index (χ3v) is 3.85. The van der Waals surface area contributed by atoms with E-state index in [1.807, 2.05) is 0 Å². The Kier molecular flexibility index (Phi) is 4.76. The number of rotatable bonds is 5. The molecule has 1 heterocycles. The maximum Gasteiger partial charge on any atom is 0.338 e. The van der Waals surface area contributed by atoms with Crippen molar-refractivity contribution in [2.45, 2.75) is 5.03 Å². The van der Waals surface area contributed by atoms with E-state index in [9.17, 15) is 9.59 Å². The summed E-state index contributed by atoms with van der Waals surface area (Å²) in [6.45, 7) is 0. The average molecular weight is 308 g/mol. The van der Waals surface area contributed by atoms with Crippen molar-refractivity contribution in [1.29, 1.82) is 0 Å². The van der Waals surface area contributed by atoms with E-state index in [0.29, 0.717) is 15.6 Å². The molecular formula is C14H10ClNO3S. The number of carboxylic acids is 1. The molecule has 0 atom stereocenters. The predicted molar refractivity (Wildman–Crippen MR) is 77.7 cm³/mol. The lowest BCUT2D eigenvalue weighted by Gasteiger charge is -2.05. The minimum absolute atomic E-state index is 0.0844. The average Bonchev–Trinajstić information content (AvgIpc) is 2.45. The Hall–Kier alpha value is -1.85. The van der Waals surface area contributed by atoms with Crippen LogP contribution in [-0.4, -0.2) is 27.6 Å². The molecule has 0 saturated carbocycles. The number of aromatic carboxylic acids is 1. The number of aromatic nitrogens is 1. The summed E-state index contributed by atoms with van der Waals surface area (Å²) in [7, 11) is 0. The van der Waals surface area contributed by atoms with E-state index in [2.05, 4.69) is 4.98 Å². The Labute approximate surface area is 124 Å². The van der Waals surface area contributed by atoms with Gasteiger partial charge in [-0.15, -0.1) is 0 Å². The van der Waals surface area contributed by atoms with Gasteiger partial charge in [-0.3, -0.25) is 4.79 Å². The molecule has 0 fully saturated rings. The predicted octanol–water partition coefficient (Wildman–Crippen LogP) is 3.41. The van der Waals surface area contributed by atoms with E-state index in [4.69, 9.17) is 16.7 Å². The third kappa shape index (κ3) is 3.37. The van der Waals surface area contributed by atoms with Crippen molar-refractivity contribution in [2.75, 3.05) is 5.75 Å². The van der Waals surface area contributed by atoms with Crippen molar-refractivity contribution in [2.24, 2.45) is 0 Å². The molecule has 1 aromatic carbocycles. The Morgan fingerprint density at radius 1 is 1.15 bits per heavy atom. The van der Waals surface area contributed by atoms with Gasteiger partial charge in [0.15, 0.2) is 5.78 Å². The Morgan fingerprint density at radius 3 is 2.55 bits per heavy atom. The molecule has 0 amide bonds. The molecule has 6 heteroatoms. The van der Waals surface area contributed by atoms with Crippen LogP contribution in [0.25, 0.3) is 0 Å². The first-order chi connectivity index (χ1) is 9.59. The Bertz CT molecular complexity index is 660. The van der Waals surface area contributed by atoms with Crippen LogP contribution in [0.5, 0.6) is 0 Å². The second kappa shape index (κ2) is 6.54. The van der Waals surface area contributed by atoms with Gasteiger partial charge in [0.2, 0.25) is 0 Å². The second-order valence-corrected chi connectivity index (χ2v) is 5.22. The number of ketones is 1. The molecule has 4 nitrogen and oxygen atoms in total. The maximum atomic E-state index is 12.0. The molecule has 2 rings (SSSR count). The monoisotopic (exact) mass is 307 g/mol. The van der Waals surface area contributed by atoms with Crippen LogP contribution in [-0.2, 0) is 0 Å². The number of hydrogen-bond acceptors (Lipinski definition) is 4. The molecule has 2 aromatic rings. The maximum absolute atomic E-state index is 12.0. The van der Waals surface area contributed by atoms with Crippen LogP contribution in [0.3, 0.4) is 0 Å². The first kappa shape index (κ1) is 14.6. The van der Waals surface area contributed by atoms with Crippen LogP contribution in [0, 0.1) is 0 Å². The summed E-state index contributed by atoms with van der Waals surface area (Å²) in [6.07, 6.45) is 1.49. The van der Waals surface area contributed by atoms with E-state index in [0.717, 1.165) is 11.8 Å². The Balaban J connectivity index is 2.12. The van der Waals surface area contributed by atoms with Gasteiger partial charge in [-0.25, -0.2) is 9.78 Å². The van der Waals surface area contributed by atoms with Crippen LogP contribution >= 0.6 is 23.4 Å². The quantitative estimate of drug-likeness (QED) is 0.677. The summed E-state index contributed by atoms with van der Waals surface area (Å²) in [6, 6.07) is 9.76. The topological polar surface area (TPSA) is 67.3 Å². The van der Waals surface area contributed by atoms with Gasteiger partial charge in [0, 0.05) is 11.8 Å². The zero-order valence-electron chi connectivity index (χ0n) is 10.2. The lowest BCUT2D eigenvalue weighted by molar-refractivity contribution is 0.0692. The molecule has 102 valence electrons. The number of pyridine rings is 1. The minimum atomic E-state index is -1.06. The molecule has 1 aromatic heterocycles. The lowest BCUT2D eigenvalue weighted by Crippen LogP contribution is -2.06. The van der Waals surface area contributed by atoms with Gasteiger partial charge in [-0.05, 0) is 24.3 Å². The van der Waals surface area contributed by atoms with Crippen molar-refractivity contribution in [1.82, 2.24) is 4.98 Å². The zero-order valence-corrected chi connectivity index (χ0v) is 11.8. The molecule has 0 aliphatic rings. The Morgan fingerprint density at radius 2 is 1.85 bits per heavy atom. The molecule has 1 N–H and O–H groups in total. The van der Waals surface area contributed by atoms with E-state index < -0.39 is 5.97 Å².